The number of amides is 1. The van der Waals surface area contributed by atoms with Crippen LogP contribution < -0.4 is 11.1 Å². The maximum Gasteiger partial charge on any atom is 0.326 e. The van der Waals surface area contributed by atoms with E-state index >= 15 is 0 Å². The number of aliphatic carboxylic acids is 1. The van der Waals surface area contributed by atoms with Crippen LogP contribution in [-0.4, -0.2) is 28.0 Å². The summed E-state index contributed by atoms with van der Waals surface area (Å²) in [6.07, 6.45) is 0.302. The lowest BCUT2D eigenvalue weighted by Gasteiger charge is -2.11. The predicted octanol–water partition coefficient (Wildman–Crippen LogP) is 1.99. The number of benzene rings is 1. The van der Waals surface area contributed by atoms with Crippen LogP contribution in [0.25, 0.3) is 11.3 Å². The molecule has 1 aromatic carbocycles. The standard InChI is InChI=1S/C14H15N3O3S/c1-2-9(13(19)20)16-12(18)11-10(17-14(15)21-11)8-6-4-3-5-7-8/h3-7,9H,2H2,1H3,(H2,15,17)(H,16,18)(H,19,20). The summed E-state index contributed by atoms with van der Waals surface area (Å²) in [5, 5.41) is 11.8. The number of nitrogen functional groups attached to an aromatic ring is 1. The lowest BCUT2D eigenvalue weighted by Crippen LogP contribution is -2.40. The molecule has 1 amide bonds. The van der Waals surface area contributed by atoms with Crippen LogP contribution in [0.5, 0.6) is 0 Å². The third kappa shape index (κ3) is 3.38. The lowest BCUT2D eigenvalue weighted by molar-refractivity contribution is -0.139. The molecule has 1 heterocycles. The molecule has 0 aliphatic carbocycles. The first-order valence-electron chi connectivity index (χ1n) is 6.38. The van der Waals surface area contributed by atoms with E-state index in [-0.39, 0.29) is 5.13 Å². The summed E-state index contributed by atoms with van der Waals surface area (Å²) in [7, 11) is 0. The van der Waals surface area contributed by atoms with Crippen molar-refractivity contribution in [2.75, 3.05) is 5.73 Å². The average molecular weight is 305 g/mol. The van der Waals surface area contributed by atoms with Gasteiger partial charge in [-0.2, -0.15) is 0 Å². The van der Waals surface area contributed by atoms with Gasteiger partial charge in [0.1, 0.15) is 10.9 Å². The molecule has 6 nitrogen and oxygen atoms in total. The van der Waals surface area contributed by atoms with Crippen LogP contribution in [0.3, 0.4) is 0 Å². The molecule has 0 bridgehead atoms. The monoisotopic (exact) mass is 305 g/mol. The summed E-state index contributed by atoms with van der Waals surface area (Å²) in [6, 6.07) is 8.23. The Morgan fingerprint density at radius 3 is 2.62 bits per heavy atom. The zero-order valence-electron chi connectivity index (χ0n) is 11.4. The van der Waals surface area contributed by atoms with Gasteiger partial charge in [0, 0.05) is 5.56 Å². The highest BCUT2D eigenvalue weighted by Gasteiger charge is 2.23. The zero-order valence-corrected chi connectivity index (χ0v) is 12.2. The van der Waals surface area contributed by atoms with E-state index in [9.17, 15) is 9.59 Å². The molecule has 0 fully saturated rings. The van der Waals surface area contributed by atoms with Crippen LogP contribution in [0.1, 0.15) is 23.0 Å². The number of carbonyl (C=O) groups excluding carboxylic acids is 1. The molecule has 1 atom stereocenters. The molecule has 2 rings (SSSR count). The van der Waals surface area contributed by atoms with Crippen molar-refractivity contribution in [1.29, 1.82) is 0 Å². The molecule has 2 aromatic rings. The number of carboxylic acid groups (broad SMARTS) is 1. The number of nitrogens with two attached hydrogens (primary N) is 1. The summed E-state index contributed by atoms with van der Waals surface area (Å²) < 4.78 is 0. The smallest absolute Gasteiger partial charge is 0.326 e. The second kappa shape index (κ2) is 6.36. The summed E-state index contributed by atoms with van der Waals surface area (Å²) >= 11 is 1.04. The van der Waals surface area contributed by atoms with Crippen molar-refractivity contribution in [3.8, 4) is 11.3 Å². The topological polar surface area (TPSA) is 105 Å². The van der Waals surface area contributed by atoms with E-state index in [0.717, 1.165) is 16.9 Å². The van der Waals surface area contributed by atoms with Crippen molar-refractivity contribution in [2.45, 2.75) is 19.4 Å². The number of rotatable bonds is 5. The maximum absolute atomic E-state index is 12.3. The second-order valence-corrected chi connectivity index (χ2v) is 5.40. The fraction of sp³-hybridized carbons (Fsp3) is 0.214. The highest BCUT2D eigenvalue weighted by atomic mass is 32.1. The molecule has 0 saturated carbocycles. The minimum atomic E-state index is -1.07. The summed E-state index contributed by atoms with van der Waals surface area (Å²) in [5.41, 5.74) is 6.92. The Kier molecular flexibility index (Phi) is 4.54. The van der Waals surface area contributed by atoms with E-state index in [2.05, 4.69) is 10.3 Å². The number of hydrogen-bond donors (Lipinski definition) is 3. The van der Waals surface area contributed by atoms with Crippen molar-refractivity contribution in [2.24, 2.45) is 0 Å². The largest absolute Gasteiger partial charge is 0.480 e. The number of nitrogens with zero attached hydrogens (tertiary/aromatic N) is 1. The molecule has 110 valence electrons. The van der Waals surface area contributed by atoms with Gasteiger partial charge in [-0.3, -0.25) is 4.79 Å². The number of thiazole rings is 1. The molecule has 0 spiro atoms. The summed E-state index contributed by atoms with van der Waals surface area (Å²) in [6.45, 7) is 1.69. The Bertz CT molecular complexity index is 655. The maximum atomic E-state index is 12.3. The normalized spacial score (nSPS) is 11.9. The third-order valence-corrected chi connectivity index (χ3v) is 3.79. The van der Waals surface area contributed by atoms with E-state index in [1.165, 1.54) is 0 Å². The van der Waals surface area contributed by atoms with Gasteiger partial charge in [-0.05, 0) is 6.42 Å². The van der Waals surface area contributed by atoms with Gasteiger partial charge in [0.15, 0.2) is 5.13 Å². The molecule has 1 unspecified atom stereocenters. The Labute approximate surface area is 125 Å². The minimum absolute atomic E-state index is 0.266. The first-order chi connectivity index (χ1) is 10.0. The van der Waals surface area contributed by atoms with Gasteiger partial charge in [0.25, 0.3) is 5.91 Å². The number of carboxylic acids is 1. The first kappa shape index (κ1) is 15.0. The van der Waals surface area contributed by atoms with Crippen LogP contribution in [-0.2, 0) is 4.79 Å². The van der Waals surface area contributed by atoms with Gasteiger partial charge in [-0.25, -0.2) is 9.78 Å². The minimum Gasteiger partial charge on any atom is -0.480 e. The SMILES string of the molecule is CCC(NC(=O)c1sc(N)nc1-c1ccccc1)C(=O)O. The van der Waals surface area contributed by atoms with E-state index in [0.29, 0.717) is 17.0 Å². The number of anilines is 1. The molecule has 4 N–H and O–H groups in total. The predicted molar refractivity (Wildman–Crippen MR) is 81.1 cm³/mol. The number of nitrogens with one attached hydrogen (secondary N) is 1. The van der Waals surface area contributed by atoms with Crippen molar-refractivity contribution in [3.05, 3.63) is 35.2 Å². The zero-order chi connectivity index (χ0) is 15.4. The number of carbonyl (C=O) groups is 2. The summed E-state index contributed by atoms with van der Waals surface area (Å²) in [5.74, 6) is -1.54. The Morgan fingerprint density at radius 1 is 1.38 bits per heavy atom. The Balaban J connectivity index is 2.32. The first-order valence-corrected chi connectivity index (χ1v) is 7.20. The van der Waals surface area contributed by atoms with E-state index in [1.54, 1.807) is 6.92 Å². The highest BCUT2D eigenvalue weighted by molar-refractivity contribution is 7.17. The Morgan fingerprint density at radius 2 is 2.05 bits per heavy atom. The van der Waals surface area contributed by atoms with Crippen molar-refractivity contribution in [1.82, 2.24) is 10.3 Å². The van der Waals surface area contributed by atoms with E-state index in [1.807, 2.05) is 30.3 Å². The number of hydrogen-bond acceptors (Lipinski definition) is 5. The molecule has 0 saturated heterocycles. The highest BCUT2D eigenvalue weighted by Crippen LogP contribution is 2.29. The van der Waals surface area contributed by atoms with Crippen LogP contribution in [0.4, 0.5) is 5.13 Å². The molecule has 7 heteroatoms. The van der Waals surface area contributed by atoms with Crippen molar-refractivity contribution >= 4 is 28.3 Å². The van der Waals surface area contributed by atoms with E-state index < -0.39 is 17.9 Å². The molecule has 0 aliphatic rings. The molecule has 1 aromatic heterocycles. The second-order valence-electron chi connectivity index (χ2n) is 4.37. The van der Waals surface area contributed by atoms with Gasteiger partial charge in [0.2, 0.25) is 0 Å². The van der Waals surface area contributed by atoms with Crippen molar-refractivity contribution < 1.29 is 14.7 Å². The third-order valence-electron chi connectivity index (χ3n) is 2.91. The molecule has 21 heavy (non-hydrogen) atoms. The molecular formula is C14H15N3O3S. The van der Waals surface area contributed by atoms with E-state index in [4.69, 9.17) is 10.8 Å². The van der Waals surface area contributed by atoms with Crippen LogP contribution >= 0.6 is 11.3 Å². The van der Waals surface area contributed by atoms with Gasteiger partial charge in [-0.15, -0.1) is 0 Å². The van der Waals surface area contributed by atoms with Gasteiger partial charge in [0.05, 0.1) is 5.69 Å². The summed E-state index contributed by atoms with van der Waals surface area (Å²) in [4.78, 5) is 27.8. The fourth-order valence-corrected chi connectivity index (χ4v) is 2.60. The average Bonchev–Trinajstić information content (AvgIpc) is 2.87. The fourth-order valence-electron chi connectivity index (χ4n) is 1.84. The van der Waals surface area contributed by atoms with Crippen LogP contribution in [0.15, 0.2) is 30.3 Å². The molecule has 0 radical (unpaired) electrons. The lowest BCUT2D eigenvalue weighted by atomic mass is 10.1. The quantitative estimate of drug-likeness (QED) is 0.783. The Hall–Kier alpha value is -2.41. The van der Waals surface area contributed by atoms with Crippen LogP contribution in [0, 0.1) is 0 Å². The number of aromatic nitrogens is 1. The van der Waals surface area contributed by atoms with Crippen LogP contribution in [0.2, 0.25) is 0 Å². The molecular weight excluding hydrogens is 290 g/mol. The van der Waals surface area contributed by atoms with Gasteiger partial charge in [-0.1, -0.05) is 48.6 Å². The molecule has 0 aliphatic heterocycles. The van der Waals surface area contributed by atoms with Gasteiger partial charge < -0.3 is 16.2 Å². The van der Waals surface area contributed by atoms with Gasteiger partial charge >= 0.3 is 5.97 Å². The van der Waals surface area contributed by atoms with Crippen molar-refractivity contribution in [3.63, 3.8) is 0 Å².